The van der Waals surface area contributed by atoms with Crippen LogP contribution in [0.2, 0.25) is 0 Å². The molecule has 0 amide bonds. The van der Waals surface area contributed by atoms with Crippen LogP contribution in [0.15, 0.2) is 0 Å². The molecular formula is C12H23BrO. The van der Waals surface area contributed by atoms with E-state index in [4.69, 9.17) is 4.74 Å². The summed E-state index contributed by atoms with van der Waals surface area (Å²) in [4.78, 5) is 0.727. The van der Waals surface area contributed by atoms with Crippen LogP contribution in [0.5, 0.6) is 0 Å². The van der Waals surface area contributed by atoms with Gasteiger partial charge in [0.15, 0.2) is 0 Å². The maximum absolute atomic E-state index is 5.36. The lowest BCUT2D eigenvalue weighted by Crippen LogP contribution is -2.17. The van der Waals surface area contributed by atoms with Gasteiger partial charge >= 0.3 is 0 Å². The van der Waals surface area contributed by atoms with E-state index in [9.17, 15) is 0 Å². The summed E-state index contributed by atoms with van der Waals surface area (Å²) >= 11 is 3.77. The third-order valence-electron chi connectivity index (χ3n) is 2.96. The summed E-state index contributed by atoms with van der Waals surface area (Å²) < 4.78 is 5.36. The van der Waals surface area contributed by atoms with Crippen molar-refractivity contribution in [1.29, 1.82) is 0 Å². The average Bonchev–Trinajstić information content (AvgIpc) is 2.15. The fourth-order valence-corrected chi connectivity index (χ4v) is 3.09. The van der Waals surface area contributed by atoms with Gasteiger partial charge in [0.2, 0.25) is 0 Å². The summed E-state index contributed by atoms with van der Waals surface area (Å²) in [5.74, 6) is 1.74. The van der Waals surface area contributed by atoms with Crippen molar-refractivity contribution in [1.82, 2.24) is 0 Å². The van der Waals surface area contributed by atoms with Gasteiger partial charge in [-0.1, -0.05) is 29.8 Å². The zero-order valence-electron chi connectivity index (χ0n) is 9.47. The number of alkyl halides is 1. The molecule has 1 nitrogen and oxygen atoms in total. The molecule has 84 valence electrons. The molecule has 14 heavy (non-hydrogen) atoms. The molecule has 1 aliphatic heterocycles. The summed E-state index contributed by atoms with van der Waals surface area (Å²) in [6, 6.07) is 0. The van der Waals surface area contributed by atoms with Crippen LogP contribution in [0.1, 0.15) is 46.0 Å². The number of hydrogen-bond acceptors (Lipinski definition) is 1. The van der Waals surface area contributed by atoms with Crippen molar-refractivity contribution in [3.05, 3.63) is 0 Å². The van der Waals surface area contributed by atoms with E-state index in [1.807, 2.05) is 0 Å². The smallest absolute Gasteiger partial charge is 0.0468 e. The van der Waals surface area contributed by atoms with Crippen LogP contribution in [0.4, 0.5) is 0 Å². The number of halogens is 1. The Morgan fingerprint density at radius 1 is 1.29 bits per heavy atom. The van der Waals surface area contributed by atoms with Gasteiger partial charge < -0.3 is 4.74 Å². The molecule has 1 atom stereocenters. The van der Waals surface area contributed by atoms with Crippen molar-refractivity contribution in [3.63, 3.8) is 0 Å². The summed E-state index contributed by atoms with van der Waals surface area (Å²) in [6.07, 6.45) is 6.58. The maximum Gasteiger partial charge on any atom is 0.0468 e. The molecular weight excluding hydrogens is 240 g/mol. The first kappa shape index (κ1) is 12.5. The zero-order chi connectivity index (χ0) is 10.4. The van der Waals surface area contributed by atoms with Gasteiger partial charge in [0.05, 0.1) is 0 Å². The quantitative estimate of drug-likeness (QED) is 0.681. The molecule has 0 aromatic rings. The number of ether oxygens (including phenoxy) is 1. The van der Waals surface area contributed by atoms with Gasteiger partial charge in [0.1, 0.15) is 0 Å². The zero-order valence-corrected chi connectivity index (χ0v) is 11.1. The highest BCUT2D eigenvalue weighted by Crippen LogP contribution is 2.25. The molecule has 0 spiro atoms. The van der Waals surface area contributed by atoms with Crippen LogP contribution in [0, 0.1) is 11.8 Å². The topological polar surface area (TPSA) is 9.23 Å². The summed E-state index contributed by atoms with van der Waals surface area (Å²) in [5.41, 5.74) is 0. The maximum atomic E-state index is 5.36. The Kier molecular flexibility index (Phi) is 6.11. The lowest BCUT2D eigenvalue weighted by molar-refractivity contribution is 0.0632. The lowest BCUT2D eigenvalue weighted by atomic mass is 9.93. The Morgan fingerprint density at radius 3 is 2.50 bits per heavy atom. The highest BCUT2D eigenvalue weighted by molar-refractivity contribution is 9.09. The van der Waals surface area contributed by atoms with E-state index in [2.05, 4.69) is 29.8 Å². The predicted molar refractivity (Wildman–Crippen MR) is 64.9 cm³/mol. The molecule has 0 N–H and O–H groups in total. The minimum absolute atomic E-state index is 0.727. The van der Waals surface area contributed by atoms with Crippen LogP contribution in [0.25, 0.3) is 0 Å². The second-order valence-corrected chi connectivity index (χ2v) is 6.15. The molecule has 0 aromatic carbocycles. The average molecular weight is 263 g/mol. The first-order valence-corrected chi connectivity index (χ1v) is 6.82. The van der Waals surface area contributed by atoms with E-state index in [0.717, 1.165) is 29.9 Å². The van der Waals surface area contributed by atoms with E-state index in [1.165, 1.54) is 32.1 Å². The first-order chi connectivity index (χ1) is 6.68. The molecule has 1 rings (SSSR count). The van der Waals surface area contributed by atoms with Gasteiger partial charge in [-0.25, -0.2) is 0 Å². The van der Waals surface area contributed by atoms with Gasteiger partial charge in [0, 0.05) is 18.0 Å². The monoisotopic (exact) mass is 262 g/mol. The fourth-order valence-electron chi connectivity index (χ4n) is 2.08. The van der Waals surface area contributed by atoms with Crippen LogP contribution in [-0.2, 0) is 4.74 Å². The molecule has 2 heteroatoms. The van der Waals surface area contributed by atoms with Crippen LogP contribution < -0.4 is 0 Å². The van der Waals surface area contributed by atoms with Gasteiger partial charge in [-0.15, -0.1) is 0 Å². The standard InChI is InChI=1S/C12H23BrO/c1-10(2)9-12(13)4-3-11-5-7-14-8-6-11/h10-12H,3-9H2,1-2H3. The first-order valence-electron chi connectivity index (χ1n) is 5.90. The molecule has 0 bridgehead atoms. The second-order valence-electron chi connectivity index (χ2n) is 4.86. The third-order valence-corrected chi connectivity index (χ3v) is 3.79. The molecule has 0 radical (unpaired) electrons. The van der Waals surface area contributed by atoms with E-state index in [0.29, 0.717) is 0 Å². The van der Waals surface area contributed by atoms with Gasteiger partial charge in [-0.2, -0.15) is 0 Å². The van der Waals surface area contributed by atoms with Crippen molar-refractivity contribution in [2.45, 2.75) is 50.8 Å². The van der Waals surface area contributed by atoms with E-state index in [1.54, 1.807) is 0 Å². The normalized spacial score (nSPS) is 21.4. The molecule has 0 aliphatic carbocycles. The van der Waals surface area contributed by atoms with E-state index >= 15 is 0 Å². The highest BCUT2D eigenvalue weighted by Gasteiger charge is 2.15. The van der Waals surface area contributed by atoms with E-state index < -0.39 is 0 Å². The Labute approximate surface area is 96.7 Å². The predicted octanol–water partition coefficient (Wildman–Crippen LogP) is 4.00. The van der Waals surface area contributed by atoms with Crippen LogP contribution >= 0.6 is 15.9 Å². The second kappa shape index (κ2) is 6.84. The van der Waals surface area contributed by atoms with Gasteiger partial charge in [-0.3, -0.25) is 0 Å². The molecule has 1 heterocycles. The number of hydrogen-bond donors (Lipinski definition) is 0. The lowest BCUT2D eigenvalue weighted by Gasteiger charge is -2.23. The molecule has 0 aromatic heterocycles. The Balaban J connectivity index is 2.06. The van der Waals surface area contributed by atoms with Crippen LogP contribution in [-0.4, -0.2) is 18.0 Å². The van der Waals surface area contributed by atoms with Gasteiger partial charge in [0.25, 0.3) is 0 Å². The van der Waals surface area contributed by atoms with Crippen molar-refractivity contribution >= 4 is 15.9 Å². The molecule has 0 saturated carbocycles. The minimum Gasteiger partial charge on any atom is -0.381 e. The number of rotatable bonds is 5. The van der Waals surface area contributed by atoms with E-state index in [-0.39, 0.29) is 0 Å². The van der Waals surface area contributed by atoms with Crippen LogP contribution in [0.3, 0.4) is 0 Å². The van der Waals surface area contributed by atoms with Gasteiger partial charge in [-0.05, 0) is 43.9 Å². The largest absolute Gasteiger partial charge is 0.381 e. The SMILES string of the molecule is CC(C)CC(Br)CCC1CCOCC1. The Hall–Kier alpha value is 0.440. The third kappa shape index (κ3) is 5.35. The summed E-state index contributed by atoms with van der Waals surface area (Å²) in [5, 5.41) is 0. The molecule has 1 fully saturated rings. The fraction of sp³-hybridized carbons (Fsp3) is 1.00. The Morgan fingerprint density at radius 2 is 1.93 bits per heavy atom. The molecule has 1 aliphatic rings. The molecule has 1 unspecified atom stereocenters. The van der Waals surface area contributed by atoms with Crippen molar-refractivity contribution in [3.8, 4) is 0 Å². The highest BCUT2D eigenvalue weighted by atomic mass is 79.9. The summed E-state index contributed by atoms with van der Waals surface area (Å²) in [6.45, 7) is 6.56. The minimum atomic E-state index is 0.727. The molecule has 1 saturated heterocycles. The Bertz CT molecular complexity index is 141. The van der Waals surface area contributed by atoms with Crippen molar-refractivity contribution in [2.24, 2.45) is 11.8 Å². The van der Waals surface area contributed by atoms with Crippen molar-refractivity contribution in [2.75, 3.05) is 13.2 Å². The van der Waals surface area contributed by atoms with Crippen molar-refractivity contribution < 1.29 is 4.74 Å². The summed E-state index contributed by atoms with van der Waals surface area (Å²) in [7, 11) is 0.